The van der Waals surface area contributed by atoms with Crippen molar-refractivity contribution >= 4 is 16.3 Å². The van der Waals surface area contributed by atoms with Crippen molar-refractivity contribution in [1.29, 1.82) is 0 Å². The zero-order valence-corrected chi connectivity index (χ0v) is 11.1. The Morgan fingerprint density at radius 2 is 2.33 bits per heavy atom. The monoisotopic (exact) mass is 260 g/mol. The topological polar surface area (TPSA) is 48.2 Å². The molecule has 3 rings (SSSR count). The molecule has 0 radical (unpaired) electrons. The molecule has 1 unspecified atom stereocenters. The van der Waals surface area contributed by atoms with E-state index >= 15 is 0 Å². The molecule has 3 heterocycles. The third-order valence-corrected chi connectivity index (χ3v) is 3.70. The summed E-state index contributed by atoms with van der Waals surface area (Å²) in [5.74, 6) is 0. The van der Waals surface area contributed by atoms with Gasteiger partial charge in [0.2, 0.25) is 0 Å². The number of imidazole rings is 1. The highest BCUT2D eigenvalue weighted by atomic mass is 32.1. The summed E-state index contributed by atoms with van der Waals surface area (Å²) in [5.41, 5.74) is 8.21. The van der Waals surface area contributed by atoms with Crippen molar-refractivity contribution in [2.24, 2.45) is 5.73 Å². The van der Waals surface area contributed by atoms with Crippen molar-refractivity contribution in [3.8, 4) is 0 Å². The summed E-state index contributed by atoms with van der Waals surface area (Å²) in [5, 5.41) is 2.04. The first-order chi connectivity index (χ1) is 8.72. The first-order valence-electron chi connectivity index (χ1n) is 6.03. The minimum atomic E-state index is 0.184. The van der Waals surface area contributed by atoms with Crippen LogP contribution in [0, 0.1) is 0 Å². The van der Waals surface area contributed by atoms with Gasteiger partial charge in [-0.3, -0.25) is 4.40 Å². The van der Waals surface area contributed by atoms with Gasteiger partial charge in [0, 0.05) is 42.1 Å². The highest BCUT2D eigenvalue weighted by molar-refractivity contribution is 7.15. The molecule has 0 fully saturated rings. The Kier molecular flexibility index (Phi) is 2.93. The van der Waals surface area contributed by atoms with Gasteiger partial charge in [-0.2, -0.15) is 0 Å². The van der Waals surface area contributed by atoms with E-state index in [1.165, 1.54) is 5.69 Å². The highest BCUT2D eigenvalue weighted by Crippen LogP contribution is 2.14. The molecule has 3 aromatic heterocycles. The van der Waals surface area contributed by atoms with Gasteiger partial charge in [-0.05, 0) is 19.1 Å². The number of hydrogen-bond donors (Lipinski definition) is 1. The first kappa shape index (κ1) is 11.5. The molecule has 0 saturated heterocycles. The van der Waals surface area contributed by atoms with Gasteiger partial charge in [0.15, 0.2) is 4.96 Å². The fourth-order valence-corrected chi connectivity index (χ4v) is 2.86. The van der Waals surface area contributed by atoms with Crippen LogP contribution in [0.1, 0.15) is 18.3 Å². The van der Waals surface area contributed by atoms with Gasteiger partial charge >= 0.3 is 0 Å². The van der Waals surface area contributed by atoms with E-state index in [4.69, 9.17) is 5.73 Å². The van der Waals surface area contributed by atoms with Crippen molar-refractivity contribution in [2.75, 3.05) is 0 Å². The maximum absolute atomic E-state index is 5.86. The number of aromatic nitrogens is 3. The van der Waals surface area contributed by atoms with Crippen molar-refractivity contribution < 1.29 is 0 Å². The number of nitrogens with zero attached hydrogens (tertiary/aromatic N) is 3. The molecule has 5 heteroatoms. The molecule has 3 aromatic rings. The maximum Gasteiger partial charge on any atom is 0.193 e. The van der Waals surface area contributed by atoms with Crippen LogP contribution in [0.3, 0.4) is 0 Å². The van der Waals surface area contributed by atoms with Crippen LogP contribution in [0.5, 0.6) is 0 Å². The van der Waals surface area contributed by atoms with E-state index in [1.807, 2.05) is 18.5 Å². The van der Waals surface area contributed by atoms with Crippen LogP contribution in [0.25, 0.3) is 4.96 Å². The SMILES string of the molecule is CC(N)Cc1cccn1Cc1cn2ccsc2n1. The molecule has 1 atom stereocenters. The molecule has 2 N–H and O–H groups in total. The van der Waals surface area contributed by atoms with E-state index in [2.05, 4.69) is 38.5 Å². The normalized spacial score (nSPS) is 13.2. The molecule has 94 valence electrons. The molecule has 0 aliphatic carbocycles. The second kappa shape index (κ2) is 4.59. The Hall–Kier alpha value is -1.59. The van der Waals surface area contributed by atoms with Crippen molar-refractivity contribution in [1.82, 2.24) is 14.0 Å². The number of hydrogen-bond acceptors (Lipinski definition) is 3. The molecular formula is C13H16N4S. The second-order valence-electron chi connectivity index (χ2n) is 4.63. The number of fused-ring (bicyclic) bond motifs is 1. The predicted octanol–water partition coefficient (Wildman–Crippen LogP) is 2.14. The lowest BCUT2D eigenvalue weighted by molar-refractivity contribution is 0.661. The van der Waals surface area contributed by atoms with Crippen LogP contribution in [-0.2, 0) is 13.0 Å². The maximum atomic E-state index is 5.86. The summed E-state index contributed by atoms with van der Waals surface area (Å²) in [6, 6.07) is 4.38. The summed E-state index contributed by atoms with van der Waals surface area (Å²) >= 11 is 1.66. The molecule has 0 amide bonds. The Bertz CT molecular complexity index is 618. The minimum Gasteiger partial charge on any atom is -0.345 e. The van der Waals surface area contributed by atoms with E-state index in [0.717, 1.165) is 23.6 Å². The smallest absolute Gasteiger partial charge is 0.193 e. The zero-order chi connectivity index (χ0) is 12.5. The van der Waals surface area contributed by atoms with Crippen LogP contribution >= 0.6 is 11.3 Å². The molecular weight excluding hydrogens is 244 g/mol. The third kappa shape index (κ3) is 2.19. The van der Waals surface area contributed by atoms with Crippen molar-refractivity contribution in [3.05, 3.63) is 47.5 Å². The second-order valence-corrected chi connectivity index (χ2v) is 5.51. The molecule has 0 bridgehead atoms. The Balaban J connectivity index is 1.83. The molecule has 0 spiro atoms. The van der Waals surface area contributed by atoms with Crippen LogP contribution in [0.15, 0.2) is 36.1 Å². The molecule has 0 aromatic carbocycles. The van der Waals surface area contributed by atoms with Crippen LogP contribution in [0.4, 0.5) is 0 Å². The van der Waals surface area contributed by atoms with Gasteiger partial charge in [-0.1, -0.05) is 0 Å². The van der Waals surface area contributed by atoms with Crippen LogP contribution < -0.4 is 5.73 Å². The quantitative estimate of drug-likeness (QED) is 0.781. The van der Waals surface area contributed by atoms with Crippen LogP contribution in [0.2, 0.25) is 0 Å². The van der Waals surface area contributed by atoms with Crippen molar-refractivity contribution in [2.45, 2.75) is 25.9 Å². The number of rotatable bonds is 4. The lowest BCUT2D eigenvalue weighted by Crippen LogP contribution is -2.20. The van der Waals surface area contributed by atoms with E-state index in [0.29, 0.717) is 0 Å². The lowest BCUT2D eigenvalue weighted by Gasteiger charge is -2.09. The van der Waals surface area contributed by atoms with Gasteiger partial charge in [0.1, 0.15) is 0 Å². The number of nitrogens with two attached hydrogens (primary N) is 1. The average molecular weight is 260 g/mol. The average Bonchev–Trinajstić information content (AvgIpc) is 2.94. The van der Waals surface area contributed by atoms with Gasteiger partial charge in [-0.15, -0.1) is 11.3 Å². The van der Waals surface area contributed by atoms with E-state index in [-0.39, 0.29) is 6.04 Å². The fourth-order valence-electron chi connectivity index (χ4n) is 2.15. The molecule has 0 saturated carbocycles. The van der Waals surface area contributed by atoms with Gasteiger partial charge in [-0.25, -0.2) is 4.98 Å². The first-order valence-corrected chi connectivity index (χ1v) is 6.91. The Labute approximate surface area is 110 Å². The van der Waals surface area contributed by atoms with E-state index in [9.17, 15) is 0 Å². The predicted molar refractivity (Wildman–Crippen MR) is 74.0 cm³/mol. The fraction of sp³-hybridized carbons (Fsp3) is 0.308. The van der Waals surface area contributed by atoms with Crippen LogP contribution in [-0.4, -0.2) is 20.0 Å². The Morgan fingerprint density at radius 1 is 1.44 bits per heavy atom. The van der Waals surface area contributed by atoms with Gasteiger partial charge in [0.25, 0.3) is 0 Å². The third-order valence-electron chi connectivity index (χ3n) is 2.93. The molecule has 0 aliphatic heterocycles. The zero-order valence-electron chi connectivity index (χ0n) is 10.3. The molecule has 18 heavy (non-hydrogen) atoms. The van der Waals surface area contributed by atoms with Gasteiger partial charge in [0.05, 0.1) is 12.2 Å². The molecule has 4 nitrogen and oxygen atoms in total. The molecule has 0 aliphatic rings. The van der Waals surface area contributed by atoms with Crippen molar-refractivity contribution in [3.63, 3.8) is 0 Å². The summed E-state index contributed by atoms with van der Waals surface area (Å²) < 4.78 is 4.28. The van der Waals surface area contributed by atoms with E-state index in [1.54, 1.807) is 11.3 Å². The summed E-state index contributed by atoms with van der Waals surface area (Å²) in [6.45, 7) is 2.84. The van der Waals surface area contributed by atoms with E-state index < -0.39 is 0 Å². The summed E-state index contributed by atoms with van der Waals surface area (Å²) in [4.78, 5) is 5.64. The standard InChI is InChI=1S/C13H16N4S/c1-10(14)7-12-3-2-4-16(12)8-11-9-17-5-6-18-13(17)15-11/h2-6,9-10H,7-8,14H2,1H3. The lowest BCUT2D eigenvalue weighted by atomic mass is 10.2. The largest absolute Gasteiger partial charge is 0.345 e. The highest BCUT2D eigenvalue weighted by Gasteiger charge is 2.07. The minimum absolute atomic E-state index is 0.184. The van der Waals surface area contributed by atoms with Gasteiger partial charge < -0.3 is 10.3 Å². The summed E-state index contributed by atoms with van der Waals surface area (Å²) in [7, 11) is 0. The Morgan fingerprint density at radius 3 is 3.11 bits per heavy atom. The summed E-state index contributed by atoms with van der Waals surface area (Å²) in [6.07, 6.45) is 7.11. The number of thiazole rings is 1.